The third-order valence-electron chi connectivity index (χ3n) is 3.14. The van der Waals surface area contributed by atoms with Crippen LogP contribution >= 0.6 is 0 Å². The molecular formula is C10H21N3. The molecule has 1 atom stereocenters. The van der Waals surface area contributed by atoms with Gasteiger partial charge < -0.3 is 4.90 Å². The van der Waals surface area contributed by atoms with Gasteiger partial charge in [0.15, 0.2) is 0 Å². The minimum Gasteiger partial charge on any atom is -0.304 e. The summed E-state index contributed by atoms with van der Waals surface area (Å²) in [7, 11) is 2.20. The van der Waals surface area contributed by atoms with Crippen LogP contribution in [0.3, 0.4) is 0 Å². The molecule has 0 spiro atoms. The maximum Gasteiger partial charge on any atom is 0.0571 e. The molecule has 1 heterocycles. The molecule has 1 N–H and O–H groups in total. The lowest BCUT2D eigenvalue weighted by atomic mass is 10.3. The van der Waals surface area contributed by atoms with Crippen LogP contribution in [0.1, 0.15) is 19.8 Å². The van der Waals surface area contributed by atoms with E-state index >= 15 is 0 Å². The van der Waals surface area contributed by atoms with Gasteiger partial charge in [-0.2, -0.15) is 0 Å². The fraction of sp³-hybridized carbons (Fsp3) is 1.00. The Morgan fingerprint density at radius 3 is 2.31 bits per heavy atom. The number of hydrogen-bond acceptors (Lipinski definition) is 3. The molecule has 3 heteroatoms. The van der Waals surface area contributed by atoms with Crippen LogP contribution in [0.25, 0.3) is 0 Å². The molecule has 76 valence electrons. The molecule has 1 aliphatic carbocycles. The molecule has 0 amide bonds. The smallest absolute Gasteiger partial charge is 0.0571 e. The number of nitrogens with one attached hydrogen (secondary N) is 1. The fourth-order valence-corrected chi connectivity index (χ4v) is 1.91. The van der Waals surface area contributed by atoms with Gasteiger partial charge in [0.1, 0.15) is 0 Å². The number of piperazine rings is 1. The van der Waals surface area contributed by atoms with Crippen LogP contribution in [-0.2, 0) is 0 Å². The van der Waals surface area contributed by atoms with Gasteiger partial charge in [0.05, 0.1) is 6.17 Å². The molecule has 2 rings (SSSR count). The van der Waals surface area contributed by atoms with E-state index in [1.54, 1.807) is 0 Å². The van der Waals surface area contributed by atoms with Crippen molar-refractivity contribution < 1.29 is 0 Å². The molecule has 0 radical (unpaired) electrons. The van der Waals surface area contributed by atoms with Crippen LogP contribution in [0.2, 0.25) is 0 Å². The molecule has 0 aromatic rings. The van der Waals surface area contributed by atoms with Gasteiger partial charge in [-0.3, -0.25) is 10.2 Å². The van der Waals surface area contributed by atoms with Crippen molar-refractivity contribution in [3.63, 3.8) is 0 Å². The normalized spacial score (nSPS) is 29.1. The van der Waals surface area contributed by atoms with E-state index in [9.17, 15) is 0 Å². The molecule has 3 nitrogen and oxygen atoms in total. The summed E-state index contributed by atoms with van der Waals surface area (Å²) < 4.78 is 0. The zero-order valence-electron chi connectivity index (χ0n) is 8.79. The maximum atomic E-state index is 3.65. The van der Waals surface area contributed by atoms with Gasteiger partial charge in [-0.1, -0.05) is 0 Å². The van der Waals surface area contributed by atoms with Crippen LogP contribution < -0.4 is 5.32 Å². The van der Waals surface area contributed by atoms with Gasteiger partial charge in [-0.25, -0.2) is 0 Å². The van der Waals surface area contributed by atoms with E-state index in [0.29, 0.717) is 6.17 Å². The molecule has 0 aromatic heterocycles. The average molecular weight is 183 g/mol. The number of hydrogen-bond donors (Lipinski definition) is 1. The molecule has 2 aliphatic rings. The first kappa shape index (κ1) is 9.44. The number of rotatable bonds is 3. The molecule has 1 unspecified atom stereocenters. The second-order valence-electron chi connectivity index (χ2n) is 4.46. The van der Waals surface area contributed by atoms with Crippen LogP contribution in [0.15, 0.2) is 0 Å². The summed E-state index contributed by atoms with van der Waals surface area (Å²) in [5.41, 5.74) is 0. The lowest BCUT2D eigenvalue weighted by Gasteiger charge is -2.36. The van der Waals surface area contributed by atoms with E-state index in [0.717, 1.165) is 6.04 Å². The van der Waals surface area contributed by atoms with Crippen molar-refractivity contribution in [1.82, 2.24) is 15.1 Å². The fourth-order valence-electron chi connectivity index (χ4n) is 1.91. The molecule has 1 aliphatic heterocycles. The topological polar surface area (TPSA) is 18.5 Å². The van der Waals surface area contributed by atoms with E-state index < -0.39 is 0 Å². The van der Waals surface area contributed by atoms with Gasteiger partial charge in [-0.15, -0.1) is 0 Å². The summed E-state index contributed by atoms with van der Waals surface area (Å²) in [6.07, 6.45) is 3.36. The maximum absolute atomic E-state index is 3.65. The van der Waals surface area contributed by atoms with E-state index in [2.05, 4.69) is 29.1 Å². The van der Waals surface area contributed by atoms with Crippen LogP contribution in [0, 0.1) is 0 Å². The Hall–Kier alpha value is -0.120. The summed E-state index contributed by atoms with van der Waals surface area (Å²) in [6, 6.07) is 0.828. The predicted molar refractivity (Wildman–Crippen MR) is 54.7 cm³/mol. The molecule has 1 saturated heterocycles. The third kappa shape index (κ3) is 2.66. The van der Waals surface area contributed by atoms with Crippen molar-refractivity contribution in [2.75, 3.05) is 33.2 Å². The highest BCUT2D eigenvalue weighted by molar-refractivity contribution is 4.84. The SMILES string of the molecule is CC(NC1CC1)N1CCN(C)CC1. The third-order valence-corrected chi connectivity index (χ3v) is 3.14. The lowest BCUT2D eigenvalue weighted by Crippen LogP contribution is -2.53. The molecule has 0 bridgehead atoms. The highest BCUT2D eigenvalue weighted by Crippen LogP contribution is 2.20. The predicted octanol–water partition coefficient (Wildman–Crippen LogP) is 0.332. The summed E-state index contributed by atoms with van der Waals surface area (Å²) in [5.74, 6) is 0. The lowest BCUT2D eigenvalue weighted by molar-refractivity contribution is 0.102. The van der Waals surface area contributed by atoms with Crippen molar-refractivity contribution in [2.45, 2.75) is 32.0 Å². The summed E-state index contributed by atoms with van der Waals surface area (Å²) in [6.45, 7) is 7.17. The van der Waals surface area contributed by atoms with Crippen LogP contribution in [0.5, 0.6) is 0 Å². The van der Waals surface area contributed by atoms with Gasteiger partial charge in [0, 0.05) is 32.2 Å². The Kier molecular flexibility index (Phi) is 2.86. The largest absolute Gasteiger partial charge is 0.304 e. The van der Waals surface area contributed by atoms with Gasteiger partial charge in [0.2, 0.25) is 0 Å². The van der Waals surface area contributed by atoms with Crippen LogP contribution in [0.4, 0.5) is 0 Å². The Morgan fingerprint density at radius 1 is 1.15 bits per heavy atom. The highest BCUT2D eigenvalue weighted by Gasteiger charge is 2.26. The molecule has 2 fully saturated rings. The summed E-state index contributed by atoms with van der Waals surface area (Å²) in [4.78, 5) is 4.96. The van der Waals surface area contributed by atoms with Crippen molar-refractivity contribution in [3.05, 3.63) is 0 Å². The first-order valence-corrected chi connectivity index (χ1v) is 5.44. The Labute approximate surface area is 81.1 Å². The van der Waals surface area contributed by atoms with Crippen LogP contribution in [-0.4, -0.2) is 55.2 Å². The van der Waals surface area contributed by atoms with Crippen molar-refractivity contribution >= 4 is 0 Å². The minimum absolute atomic E-state index is 0.584. The van der Waals surface area contributed by atoms with Crippen molar-refractivity contribution in [1.29, 1.82) is 0 Å². The average Bonchev–Trinajstić information content (AvgIpc) is 2.89. The van der Waals surface area contributed by atoms with Crippen molar-refractivity contribution in [3.8, 4) is 0 Å². The Morgan fingerprint density at radius 2 is 1.77 bits per heavy atom. The first-order valence-electron chi connectivity index (χ1n) is 5.44. The molecule has 0 aromatic carbocycles. The zero-order chi connectivity index (χ0) is 9.26. The second kappa shape index (κ2) is 3.95. The van der Waals surface area contributed by atoms with E-state index in [4.69, 9.17) is 0 Å². The van der Waals surface area contributed by atoms with Gasteiger partial charge >= 0.3 is 0 Å². The molecule has 1 saturated carbocycles. The summed E-state index contributed by atoms with van der Waals surface area (Å²) in [5, 5.41) is 3.65. The molecular weight excluding hydrogens is 162 g/mol. The van der Waals surface area contributed by atoms with Gasteiger partial charge in [0.25, 0.3) is 0 Å². The van der Waals surface area contributed by atoms with E-state index in [-0.39, 0.29) is 0 Å². The van der Waals surface area contributed by atoms with E-state index in [1.807, 2.05) is 0 Å². The second-order valence-corrected chi connectivity index (χ2v) is 4.46. The Bertz CT molecular complexity index is 160. The first-order chi connectivity index (χ1) is 6.25. The highest BCUT2D eigenvalue weighted by atomic mass is 15.3. The number of likely N-dealkylation sites (N-methyl/N-ethyl adjacent to an activating group) is 1. The van der Waals surface area contributed by atoms with Crippen molar-refractivity contribution in [2.24, 2.45) is 0 Å². The standard InChI is InChI=1S/C10H21N3/c1-9(11-10-3-4-10)13-7-5-12(2)6-8-13/h9-11H,3-8H2,1-2H3. The minimum atomic E-state index is 0.584. The van der Waals surface area contributed by atoms with E-state index in [1.165, 1.54) is 39.0 Å². The summed E-state index contributed by atoms with van der Waals surface area (Å²) >= 11 is 0. The molecule has 13 heavy (non-hydrogen) atoms. The zero-order valence-corrected chi connectivity index (χ0v) is 8.79. The Balaban J connectivity index is 1.72. The number of nitrogens with zero attached hydrogens (tertiary/aromatic N) is 2. The quantitative estimate of drug-likeness (QED) is 0.680. The monoisotopic (exact) mass is 183 g/mol. The van der Waals surface area contributed by atoms with Gasteiger partial charge in [-0.05, 0) is 26.8 Å².